The fourth-order valence-electron chi connectivity index (χ4n) is 1.75. The molecule has 0 atom stereocenters. The molecule has 20 heavy (non-hydrogen) atoms. The van der Waals surface area contributed by atoms with Crippen molar-refractivity contribution in [2.45, 2.75) is 6.92 Å². The van der Waals surface area contributed by atoms with E-state index in [2.05, 4.69) is 15.4 Å². The van der Waals surface area contributed by atoms with Crippen LogP contribution in [0.5, 0.6) is 0 Å². The summed E-state index contributed by atoms with van der Waals surface area (Å²) in [7, 11) is -1.91. The van der Waals surface area contributed by atoms with Gasteiger partial charge in [-0.05, 0) is 18.5 Å². The number of halogens is 1. The number of carbonyl (C=O) groups is 1. The van der Waals surface area contributed by atoms with Crippen molar-refractivity contribution in [3.8, 4) is 11.3 Å². The highest BCUT2D eigenvalue weighted by atomic mass is 19.1. The Bertz CT molecular complexity index is 632. The van der Waals surface area contributed by atoms with Crippen LogP contribution in [0.15, 0.2) is 18.2 Å². The van der Waals surface area contributed by atoms with Crippen LogP contribution in [0.4, 0.5) is 4.39 Å². The highest BCUT2D eigenvalue weighted by Gasteiger charge is 2.27. The number of rotatable bonds is 4. The lowest BCUT2D eigenvalue weighted by atomic mass is 9.76. The molecule has 1 aromatic heterocycles. The van der Waals surface area contributed by atoms with Gasteiger partial charge in [-0.3, -0.25) is 0 Å². The van der Waals surface area contributed by atoms with E-state index in [0.717, 1.165) is 6.07 Å². The Labute approximate surface area is 113 Å². The zero-order chi connectivity index (χ0) is 14.7. The molecule has 2 rings (SSSR count). The molecular formula is C11H11BFN3O4. The van der Waals surface area contributed by atoms with Crippen LogP contribution in [0.1, 0.15) is 17.4 Å². The van der Waals surface area contributed by atoms with Gasteiger partial charge in [0.25, 0.3) is 0 Å². The third-order valence-corrected chi connectivity index (χ3v) is 2.58. The number of esters is 1. The van der Waals surface area contributed by atoms with E-state index in [1.807, 2.05) is 0 Å². The van der Waals surface area contributed by atoms with Gasteiger partial charge in [-0.2, -0.15) is 10.3 Å². The van der Waals surface area contributed by atoms with Crippen LogP contribution in [-0.2, 0) is 4.74 Å². The predicted molar refractivity (Wildman–Crippen MR) is 67.6 cm³/mol. The van der Waals surface area contributed by atoms with Crippen molar-refractivity contribution >= 4 is 18.6 Å². The van der Waals surface area contributed by atoms with Crippen LogP contribution in [-0.4, -0.2) is 45.2 Å². The molecule has 0 bridgehead atoms. The van der Waals surface area contributed by atoms with Crippen molar-refractivity contribution in [1.29, 1.82) is 0 Å². The number of hydrogen-bond acceptors (Lipinski definition) is 6. The van der Waals surface area contributed by atoms with E-state index in [1.165, 1.54) is 12.1 Å². The van der Waals surface area contributed by atoms with Crippen molar-refractivity contribution in [3.63, 3.8) is 0 Å². The van der Waals surface area contributed by atoms with Crippen LogP contribution in [0.2, 0.25) is 0 Å². The average Bonchev–Trinajstić information content (AvgIpc) is 2.87. The number of ether oxygens (including phenoxy) is 1. The summed E-state index contributed by atoms with van der Waals surface area (Å²) in [5, 5.41) is 28.1. The predicted octanol–water partition coefficient (Wildman–Crippen LogP) is -0.533. The zero-order valence-electron chi connectivity index (χ0n) is 10.5. The highest BCUT2D eigenvalue weighted by Crippen LogP contribution is 2.22. The Kier molecular flexibility index (Phi) is 4.11. The minimum absolute atomic E-state index is 0.121. The molecule has 0 saturated carbocycles. The van der Waals surface area contributed by atoms with Gasteiger partial charge in [0.05, 0.1) is 6.61 Å². The Morgan fingerprint density at radius 2 is 2.20 bits per heavy atom. The molecule has 0 fully saturated rings. The molecule has 0 spiro atoms. The van der Waals surface area contributed by atoms with Gasteiger partial charge in [0.15, 0.2) is 5.69 Å². The first kappa shape index (κ1) is 14.2. The zero-order valence-corrected chi connectivity index (χ0v) is 10.5. The lowest BCUT2D eigenvalue weighted by Gasteiger charge is -2.08. The fraction of sp³-hybridized carbons (Fsp3) is 0.182. The summed E-state index contributed by atoms with van der Waals surface area (Å²) in [5.74, 6) is -1.53. The third kappa shape index (κ3) is 2.54. The van der Waals surface area contributed by atoms with Crippen molar-refractivity contribution in [2.75, 3.05) is 6.61 Å². The van der Waals surface area contributed by atoms with Crippen LogP contribution >= 0.6 is 0 Å². The number of nitrogens with zero attached hydrogens (tertiary/aromatic N) is 2. The van der Waals surface area contributed by atoms with Crippen molar-refractivity contribution in [3.05, 3.63) is 29.7 Å². The van der Waals surface area contributed by atoms with Crippen LogP contribution in [0.25, 0.3) is 11.3 Å². The van der Waals surface area contributed by atoms with Gasteiger partial charge in [-0.1, -0.05) is 12.1 Å². The summed E-state index contributed by atoms with van der Waals surface area (Å²) in [6, 6.07) is 3.75. The second-order valence-corrected chi connectivity index (χ2v) is 3.82. The Morgan fingerprint density at radius 1 is 1.45 bits per heavy atom. The first-order valence-electron chi connectivity index (χ1n) is 5.79. The van der Waals surface area contributed by atoms with Gasteiger partial charge in [-0.25, -0.2) is 9.18 Å². The smallest absolute Gasteiger partial charge is 0.461 e. The largest absolute Gasteiger partial charge is 0.489 e. The normalized spacial score (nSPS) is 10.4. The lowest BCUT2D eigenvalue weighted by Crippen LogP contribution is -2.32. The van der Waals surface area contributed by atoms with Gasteiger partial charge in [0.2, 0.25) is 0 Å². The van der Waals surface area contributed by atoms with Crippen molar-refractivity contribution < 1.29 is 24.0 Å². The molecule has 0 aliphatic heterocycles. The van der Waals surface area contributed by atoms with E-state index >= 15 is 0 Å². The Morgan fingerprint density at radius 3 is 2.85 bits per heavy atom. The summed E-state index contributed by atoms with van der Waals surface area (Å²) in [5.41, 5.74) is -0.688. The van der Waals surface area contributed by atoms with Crippen LogP contribution < -0.4 is 5.46 Å². The second-order valence-electron chi connectivity index (χ2n) is 3.82. The third-order valence-electron chi connectivity index (χ3n) is 2.58. The van der Waals surface area contributed by atoms with Crippen LogP contribution in [0, 0.1) is 5.82 Å². The quantitative estimate of drug-likeness (QED) is 0.512. The Balaban J connectivity index is 2.58. The molecule has 104 valence electrons. The molecule has 1 heterocycles. The highest BCUT2D eigenvalue weighted by molar-refractivity contribution is 6.60. The summed E-state index contributed by atoms with van der Waals surface area (Å²) >= 11 is 0. The standard InChI is InChI=1S/C11H11BFN3O4/c1-2-20-11(17)10-9(14-16-15-10)8-6(12(18)19)4-3-5-7(8)13/h3-5,18-19H,2H2,1H3,(H,14,15,16). The topological polar surface area (TPSA) is 108 Å². The van der Waals surface area contributed by atoms with E-state index in [4.69, 9.17) is 4.74 Å². The number of nitrogens with one attached hydrogen (secondary N) is 1. The monoisotopic (exact) mass is 279 g/mol. The summed E-state index contributed by atoms with van der Waals surface area (Å²) in [4.78, 5) is 11.7. The first-order chi connectivity index (χ1) is 9.56. The van der Waals surface area contributed by atoms with E-state index in [1.54, 1.807) is 6.92 Å². The molecule has 7 nitrogen and oxygen atoms in total. The second kappa shape index (κ2) is 5.80. The molecule has 9 heteroatoms. The van der Waals surface area contributed by atoms with Gasteiger partial charge < -0.3 is 14.8 Å². The maximum atomic E-state index is 13.9. The molecule has 1 aromatic carbocycles. The summed E-state index contributed by atoms with van der Waals surface area (Å²) in [6.07, 6.45) is 0. The summed E-state index contributed by atoms with van der Waals surface area (Å²) in [6.45, 7) is 1.74. The lowest BCUT2D eigenvalue weighted by molar-refractivity contribution is 0.0520. The van der Waals surface area contributed by atoms with Gasteiger partial charge in [0.1, 0.15) is 11.5 Å². The van der Waals surface area contributed by atoms with Gasteiger partial charge >= 0.3 is 13.1 Å². The number of carbonyl (C=O) groups excluding carboxylic acids is 1. The van der Waals surface area contributed by atoms with E-state index < -0.39 is 18.9 Å². The molecule has 0 unspecified atom stereocenters. The van der Waals surface area contributed by atoms with E-state index in [-0.39, 0.29) is 29.0 Å². The maximum Gasteiger partial charge on any atom is 0.489 e. The minimum Gasteiger partial charge on any atom is -0.461 e. The molecule has 3 N–H and O–H groups in total. The molecule has 0 amide bonds. The summed E-state index contributed by atoms with van der Waals surface area (Å²) < 4.78 is 18.7. The number of H-pyrrole nitrogens is 1. The molecule has 2 aromatic rings. The van der Waals surface area contributed by atoms with Crippen molar-refractivity contribution in [2.24, 2.45) is 0 Å². The van der Waals surface area contributed by atoms with E-state index in [9.17, 15) is 19.2 Å². The van der Waals surface area contributed by atoms with Crippen LogP contribution in [0.3, 0.4) is 0 Å². The van der Waals surface area contributed by atoms with Gasteiger partial charge in [-0.15, -0.1) is 5.10 Å². The maximum absolute atomic E-state index is 13.9. The molecule has 0 aliphatic carbocycles. The number of benzene rings is 1. The average molecular weight is 279 g/mol. The Hall–Kier alpha value is -2.26. The SMILES string of the molecule is CCOC(=O)c1n[nH]nc1-c1c(F)cccc1B(O)O. The van der Waals surface area contributed by atoms with Gasteiger partial charge in [0, 0.05) is 5.56 Å². The fourth-order valence-corrected chi connectivity index (χ4v) is 1.75. The molecule has 0 saturated heterocycles. The number of hydrogen-bond donors (Lipinski definition) is 3. The van der Waals surface area contributed by atoms with Crippen molar-refractivity contribution in [1.82, 2.24) is 15.4 Å². The number of aromatic amines is 1. The first-order valence-corrected chi connectivity index (χ1v) is 5.79. The minimum atomic E-state index is -1.91. The molecule has 0 radical (unpaired) electrons. The molecular weight excluding hydrogens is 268 g/mol. The molecule has 0 aliphatic rings. The van der Waals surface area contributed by atoms with E-state index in [0.29, 0.717) is 0 Å². The number of aromatic nitrogens is 3.